The Bertz CT molecular complexity index is 1270. The molecule has 0 saturated heterocycles. The van der Waals surface area contributed by atoms with E-state index in [9.17, 15) is 4.79 Å². The first kappa shape index (κ1) is 25.0. The van der Waals surface area contributed by atoms with Gasteiger partial charge in [-0.05, 0) is 79.2 Å². The van der Waals surface area contributed by atoms with Crippen LogP contribution in [0.3, 0.4) is 0 Å². The van der Waals surface area contributed by atoms with Crippen molar-refractivity contribution >= 4 is 28.2 Å². The molecule has 3 aromatic rings. The lowest BCUT2D eigenvalue weighted by Gasteiger charge is -2.39. The number of nitrogens with zero attached hydrogens (tertiary/aromatic N) is 1. The summed E-state index contributed by atoms with van der Waals surface area (Å²) < 4.78 is 16.6. The predicted molar refractivity (Wildman–Crippen MR) is 143 cm³/mol. The molecule has 0 spiro atoms. The molecule has 1 aliphatic heterocycles. The van der Waals surface area contributed by atoms with Gasteiger partial charge in [0.15, 0.2) is 16.6 Å². The molecule has 0 unspecified atom stereocenters. The summed E-state index contributed by atoms with van der Waals surface area (Å²) in [6.07, 6.45) is 1.63. The molecule has 0 bridgehead atoms. The third-order valence-corrected chi connectivity index (χ3v) is 6.87. The van der Waals surface area contributed by atoms with E-state index in [1.807, 2.05) is 50.2 Å². The largest absolute Gasteiger partial charge is 0.493 e. The summed E-state index contributed by atoms with van der Waals surface area (Å²) in [5.41, 5.74) is 4.52. The van der Waals surface area contributed by atoms with Gasteiger partial charge in [-0.15, -0.1) is 0 Å². The normalized spacial score (nSPS) is 15.1. The van der Waals surface area contributed by atoms with Gasteiger partial charge in [-0.25, -0.2) is 0 Å². The third kappa shape index (κ3) is 5.13. The summed E-state index contributed by atoms with van der Waals surface area (Å²) >= 11 is 5.83. The second-order valence-corrected chi connectivity index (χ2v) is 9.01. The molecule has 2 heterocycles. The molecular weight excluding hydrogens is 462 g/mol. The van der Waals surface area contributed by atoms with Crippen molar-refractivity contribution in [1.82, 2.24) is 15.2 Å². The maximum Gasteiger partial charge on any atom is 0.254 e. The summed E-state index contributed by atoms with van der Waals surface area (Å²) in [7, 11) is 3.25. The number of thiocarbonyl (C=S) groups is 1. The second kappa shape index (κ2) is 11.1. The fraction of sp³-hybridized carbons (Fsp3) is 0.407. The first-order valence-corrected chi connectivity index (χ1v) is 12.4. The Morgan fingerprint density at radius 1 is 1.17 bits per heavy atom. The lowest BCUT2D eigenvalue weighted by Crippen LogP contribution is -2.47. The molecule has 0 fully saturated rings. The molecule has 1 aliphatic rings. The van der Waals surface area contributed by atoms with Crippen LogP contribution in [0.5, 0.6) is 11.5 Å². The molecule has 0 radical (unpaired) electrons. The predicted octanol–water partition coefficient (Wildman–Crippen LogP) is 4.10. The van der Waals surface area contributed by atoms with Crippen LogP contribution in [0, 0.1) is 6.92 Å². The second-order valence-electron chi connectivity index (χ2n) is 8.63. The van der Waals surface area contributed by atoms with Crippen LogP contribution < -0.4 is 20.3 Å². The first-order valence-electron chi connectivity index (χ1n) is 12.0. The van der Waals surface area contributed by atoms with E-state index in [2.05, 4.69) is 15.2 Å². The van der Waals surface area contributed by atoms with E-state index >= 15 is 0 Å². The number of para-hydroxylation sites is 1. The van der Waals surface area contributed by atoms with E-state index < -0.39 is 0 Å². The molecule has 0 amide bonds. The van der Waals surface area contributed by atoms with Crippen LogP contribution in [-0.4, -0.2) is 55.5 Å². The number of methoxy groups -OCH3 is 2. The van der Waals surface area contributed by atoms with Crippen molar-refractivity contribution in [3.05, 3.63) is 69.0 Å². The van der Waals surface area contributed by atoms with Gasteiger partial charge >= 0.3 is 0 Å². The van der Waals surface area contributed by atoms with Gasteiger partial charge in [-0.1, -0.05) is 18.2 Å². The molecular formula is C27H33N3O4S. The number of benzene rings is 2. The highest BCUT2D eigenvalue weighted by Gasteiger charge is 2.33. The number of nitrogens with one attached hydrogen (secondary N) is 2. The van der Waals surface area contributed by atoms with Crippen LogP contribution in [0.15, 0.2) is 41.2 Å². The molecule has 1 aromatic heterocycles. The van der Waals surface area contributed by atoms with Crippen molar-refractivity contribution in [3.63, 3.8) is 0 Å². The molecule has 2 N–H and O–H groups in total. The van der Waals surface area contributed by atoms with Crippen molar-refractivity contribution < 1.29 is 14.2 Å². The topological polar surface area (TPSA) is 75.8 Å². The van der Waals surface area contributed by atoms with Gasteiger partial charge in [0, 0.05) is 31.9 Å². The van der Waals surface area contributed by atoms with Gasteiger partial charge in [-0.3, -0.25) is 4.79 Å². The number of fused-ring (bicyclic) bond motifs is 2. The molecule has 186 valence electrons. The summed E-state index contributed by atoms with van der Waals surface area (Å²) in [5.74, 6) is 1.31. The van der Waals surface area contributed by atoms with Crippen molar-refractivity contribution in [3.8, 4) is 11.5 Å². The first-order chi connectivity index (χ1) is 17.0. The number of aromatic nitrogens is 1. The standard InChI is InChI=1S/C27H33N3O4S/c1-5-34-13-7-11-28-27(35)30-12-10-18-15-22(32-3)23(33-4)16-20(18)25(30)21-14-19-9-6-8-17(2)24(19)29-26(21)31/h6,8-9,14-16,25H,5,7,10-13H2,1-4H3,(H,28,35)(H,29,31)/t25-/m1/s1. The van der Waals surface area contributed by atoms with Crippen LogP contribution >= 0.6 is 12.2 Å². The fourth-order valence-electron chi connectivity index (χ4n) is 4.72. The van der Waals surface area contributed by atoms with Crippen molar-refractivity contribution in [1.29, 1.82) is 0 Å². The molecule has 35 heavy (non-hydrogen) atoms. The number of pyridine rings is 1. The number of rotatable bonds is 8. The third-order valence-electron chi connectivity index (χ3n) is 6.49. The van der Waals surface area contributed by atoms with Crippen LogP contribution in [0.2, 0.25) is 0 Å². The number of hydrogen-bond donors (Lipinski definition) is 2. The monoisotopic (exact) mass is 495 g/mol. The highest BCUT2D eigenvalue weighted by Crippen LogP contribution is 2.40. The Kier molecular flexibility index (Phi) is 7.93. The Morgan fingerprint density at radius 3 is 2.69 bits per heavy atom. The molecule has 1 atom stereocenters. The van der Waals surface area contributed by atoms with E-state index in [1.165, 1.54) is 0 Å². The average Bonchev–Trinajstić information content (AvgIpc) is 2.87. The van der Waals surface area contributed by atoms with Crippen LogP contribution in [-0.2, 0) is 11.2 Å². The average molecular weight is 496 g/mol. The Balaban J connectivity index is 1.79. The number of aryl methyl sites for hydroxylation is 1. The van der Waals surface area contributed by atoms with Crippen LogP contribution in [0.1, 0.15) is 41.6 Å². The lowest BCUT2D eigenvalue weighted by molar-refractivity contribution is 0.145. The van der Waals surface area contributed by atoms with Crippen LogP contribution in [0.4, 0.5) is 0 Å². The minimum atomic E-state index is -0.362. The maximum absolute atomic E-state index is 13.5. The zero-order chi connectivity index (χ0) is 24.9. The summed E-state index contributed by atoms with van der Waals surface area (Å²) in [6.45, 7) is 6.74. The van der Waals surface area contributed by atoms with E-state index in [-0.39, 0.29) is 11.6 Å². The number of H-pyrrole nitrogens is 1. The van der Waals surface area contributed by atoms with E-state index in [4.69, 9.17) is 26.4 Å². The molecule has 0 saturated carbocycles. The Morgan fingerprint density at radius 2 is 1.94 bits per heavy atom. The molecule has 4 rings (SSSR count). The maximum atomic E-state index is 13.5. The Labute approximate surface area is 211 Å². The van der Waals surface area contributed by atoms with Gasteiger partial charge < -0.3 is 29.4 Å². The zero-order valence-electron chi connectivity index (χ0n) is 20.8. The number of hydrogen-bond acceptors (Lipinski definition) is 5. The van der Waals surface area contributed by atoms with Crippen molar-refractivity contribution in [2.75, 3.05) is 40.5 Å². The van der Waals surface area contributed by atoms with E-state index in [0.29, 0.717) is 48.5 Å². The van der Waals surface area contributed by atoms with Crippen LogP contribution in [0.25, 0.3) is 10.9 Å². The van der Waals surface area contributed by atoms with Gasteiger partial charge in [0.1, 0.15) is 0 Å². The Hall–Kier alpha value is -3.10. The van der Waals surface area contributed by atoms with Crippen molar-refractivity contribution in [2.45, 2.75) is 32.7 Å². The van der Waals surface area contributed by atoms with Crippen molar-refractivity contribution in [2.24, 2.45) is 0 Å². The summed E-state index contributed by atoms with van der Waals surface area (Å²) in [5, 5.41) is 4.98. The zero-order valence-corrected chi connectivity index (χ0v) is 21.6. The van der Waals surface area contributed by atoms with E-state index in [0.717, 1.165) is 40.4 Å². The summed E-state index contributed by atoms with van der Waals surface area (Å²) in [6, 6.07) is 11.6. The minimum Gasteiger partial charge on any atom is -0.493 e. The highest BCUT2D eigenvalue weighted by molar-refractivity contribution is 7.80. The van der Waals surface area contributed by atoms with Gasteiger partial charge in [0.2, 0.25) is 0 Å². The van der Waals surface area contributed by atoms with Gasteiger partial charge in [-0.2, -0.15) is 0 Å². The number of ether oxygens (including phenoxy) is 3. The number of aromatic amines is 1. The molecule has 8 heteroatoms. The minimum absolute atomic E-state index is 0.122. The molecule has 7 nitrogen and oxygen atoms in total. The quantitative estimate of drug-likeness (QED) is 0.360. The smallest absolute Gasteiger partial charge is 0.254 e. The van der Waals surface area contributed by atoms with E-state index in [1.54, 1.807) is 14.2 Å². The highest BCUT2D eigenvalue weighted by atomic mass is 32.1. The fourth-order valence-corrected chi connectivity index (χ4v) is 5.02. The summed E-state index contributed by atoms with van der Waals surface area (Å²) in [4.78, 5) is 18.7. The molecule has 2 aromatic carbocycles. The van der Waals surface area contributed by atoms with Gasteiger partial charge in [0.05, 0.1) is 25.8 Å². The SMILES string of the molecule is CCOCCCNC(=S)N1CCc2cc(OC)c(OC)cc2[C@@H]1c1cc2cccc(C)c2[nH]c1=O. The van der Waals surface area contributed by atoms with Gasteiger partial charge in [0.25, 0.3) is 5.56 Å². The lowest BCUT2D eigenvalue weighted by atomic mass is 9.87. The molecule has 0 aliphatic carbocycles.